The largest absolute Gasteiger partial charge is 0.495 e. The molecule has 0 radical (unpaired) electrons. The first-order valence-corrected chi connectivity index (χ1v) is 14.9. The van der Waals surface area contributed by atoms with E-state index in [0.29, 0.717) is 28.2 Å². The Kier molecular flexibility index (Phi) is 8.58. The van der Waals surface area contributed by atoms with Gasteiger partial charge in [-0.1, -0.05) is 23.2 Å². The number of amides is 1. The van der Waals surface area contributed by atoms with Gasteiger partial charge in [0.2, 0.25) is 10.0 Å². The van der Waals surface area contributed by atoms with Crippen LogP contribution in [0.4, 0.5) is 4.39 Å². The number of carbonyl (C=O) groups excluding carboxylic acids is 1. The summed E-state index contributed by atoms with van der Waals surface area (Å²) in [6.45, 7) is 4.23. The number of likely N-dealkylation sites (tertiary alicyclic amines) is 1. The first kappa shape index (κ1) is 28.0. The van der Waals surface area contributed by atoms with Crippen molar-refractivity contribution >= 4 is 39.1 Å². The highest BCUT2D eigenvalue weighted by molar-refractivity contribution is 7.89. The van der Waals surface area contributed by atoms with Gasteiger partial charge < -0.3 is 9.47 Å². The topological polar surface area (TPSA) is 84.9 Å². The molecule has 1 aliphatic carbocycles. The minimum Gasteiger partial charge on any atom is -0.495 e. The molecule has 0 spiro atoms. The molecular weight excluding hydrogens is 542 g/mol. The highest BCUT2D eigenvalue weighted by Gasteiger charge is 2.31. The molecule has 1 saturated heterocycles. The highest BCUT2D eigenvalue weighted by Crippen LogP contribution is 2.45. The van der Waals surface area contributed by atoms with Crippen LogP contribution in [0, 0.1) is 11.7 Å². The van der Waals surface area contributed by atoms with Crippen molar-refractivity contribution in [3.63, 3.8) is 0 Å². The van der Waals surface area contributed by atoms with Crippen molar-refractivity contribution in [3.8, 4) is 11.5 Å². The van der Waals surface area contributed by atoms with Gasteiger partial charge >= 0.3 is 0 Å². The van der Waals surface area contributed by atoms with E-state index in [2.05, 4.69) is 11.8 Å². The molecule has 1 atom stereocenters. The second kappa shape index (κ2) is 11.4. The Morgan fingerprint density at radius 3 is 2.43 bits per heavy atom. The summed E-state index contributed by atoms with van der Waals surface area (Å²) in [7, 11) is -2.20. The van der Waals surface area contributed by atoms with Gasteiger partial charge in [-0.2, -0.15) is 0 Å². The summed E-state index contributed by atoms with van der Waals surface area (Å²) in [4.78, 5) is 14.6. The molecule has 2 aliphatic rings. The third-order valence-corrected chi connectivity index (χ3v) is 8.06. The normalized spacial score (nSPS) is 17.9. The Labute approximate surface area is 227 Å². The lowest BCUT2D eigenvalue weighted by Crippen LogP contribution is -2.37. The fourth-order valence-electron chi connectivity index (χ4n) is 4.82. The van der Waals surface area contributed by atoms with E-state index in [1.165, 1.54) is 12.1 Å². The zero-order valence-electron chi connectivity index (χ0n) is 21.0. The Morgan fingerprint density at radius 2 is 1.84 bits per heavy atom. The molecule has 11 heteroatoms. The molecule has 1 saturated carbocycles. The summed E-state index contributed by atoms with van der Waals surface area (Å²) in [6, 6.07) is 6.26. The lowest BCUT2D eigenvalue weighted by molar-refractivity contribution is 0.0977. The number of carbonyl (C=O) groups is 1. The molecule has 1 N–H and O–H groups in total. The molecule has 1 amide bonds. The van der Waals surface area contributed by atoms with Crippen molar-refractivity contribution in [1.29, 1.82) is 0 Å². The quantitative estimate of drug-likeness (QED) is 0.423. The van der Waals surface area contributed by atoms with E-state index < -0.39 is 21.7 Å². The number of ether oxygens (including phenoxy) is 2. The van der Waals surface area contributed by atoms with Crippen molar-refractivity contribution in [2.45, 2.75) is 44.6 Å². The average molecular weight is 574 g/mol. The molecular formula is C26H31Cl2FN2O5S. The van der Waals surface area contributed by atoms with Gasteiger partial charge in [-0.25, -0.2) is 17.5 Å². The molecule has 1 heterocycles. The molecule has 0 bridgehead atoms. The molecule has 202 valence electrons. The van der Waals surface area contributed by atoms with Crippen LogP contribution in [-0.4, -0.2) is 52.3 Å². The van der Waals surface area contributed by atoms with Crippen LogP contribution >= 0.6 is 23.2 Å². The van der Waals surface area contributed by atoms with Crippen molar-refractivity contribution < 1.29 is 27.1 Å². The van der Waals surface area contributed by atoms with Crippen molar-refractivity contribution in [3.05, 3.63) is 56.8 Å². The molecule has 7 nitrogen and oxygen atoms in total. The Morgan fingerprint density at radius 1 is 1.16 bits per heavy atom. The second-order valence-electron chi connectivity index (χ2n) is 9.82. The van der Waals surface area contributed by atoms with Gasteiger partial charge in [0.05, 0.1) is 30.6 Å². The predicted octanol–water partition coefficient (Wildman–Crippen LogP) is 5.56. The first-order chi connectivity index (χ1) is 17.5. The van der Waals surface area contributed by atoms with Gasteiger partial charge in [-0.05, 0) is 81.3 Å². The zero-order valence-corrected chi connectivity index (χ0v) is 23.4. The molecule has 2 aromatic rings. The third-order valence-electron chi connectivity index (χ3n) is 7.00. The fourth-order valence-corrected chi connectivity index (χ4v) is 5.86. The van der Waals surface area contributed by atoms with Gasteiger partial charge in [0.1, 0.15) is 17.3 Å². The SMILES string of the molecule is COc1c(Cl)cc(Cl)cc1C(C)N1CCC(COc2cc(F)c(C(=O)NS(C)(=O)=O)cc2C2CC2)CC1. The number of methoxy groups -OCH3 is 1. The van der Waals surface area contributed by atoms with Gasteiger partial charge in [-0.15, -0.1) is 0 Å². The van der Waals surface area contributed by atoms with E-state index in [9.17, 15) is 17.6 Å². The highest BCUT2D eigenvalue weighted by atomic mass is 35.5. The summed E-state index contributed by atoms with van der Waals surface area (Å²) in [5, 5.41) is 1.05. The van der Waals surface area contributed by atoms with E-state index in [0.717, 1.165) is 56.2 Å². The number of hydrogen-bond acceptors (Lipinski definition) is 6. The second-order valence-corrected chi connectivity index (χ2v) is 12.4. The number of benzene rings is 2. The number of hydrogen-bond donors (Lipinski definition) is 1. The van der Waals surface area contributed by atoms with Crippen LogP contribution in [0.3, 0.4) is 0 Å². The molecule has 2 fully saturated rings. The molecule has 2 aromatic carbocycles. The molecule has 1 unspecified atom stereocenters. The molecule has 4 rings (SSSR count). The predicted molar refractivity (Wildman–Crippen MR) is 142 cm³/mol. The number of piperidine rings is 1. The Bertz CT molecular complexity index is 1280. The standard InChI is InChI=1S/C26H31Cl2FN2O5S/c1-15(19-10-18(27)11-22(28)25(19)35-2)31-8-6-16(7-9-31)14-36-24-13-23(29)21(12-20(24)17-4-5-17)26(32)30-37(3,33)34/h10-13,15-17H,4-9,14H2,1-3H3,(H,30,32). The van der Waals surface area contributed by atoms with Crippen LogP contribution in [0.15, 0.2) is 24.3 Å². The van der Waals surface area contributed by atoms with Crippen LogP contribution < -0.4 is 14.2 Å². The number of sulfonamides is 1. The Balaban J connectivity index is 1.39. The summed E-state index contributed by atoms with van der Waals surface area (Å²) in [6.07, 6.45) is 4.49. The van der Waals surface area contributed by atoms with Crippen LogP contribution in [-0.2, 0) is 10.0 Å². The molecule has 0 aromatic heterocycles. The number of rotatable bonds is 9. The summed E-state index contributed by atoms with van der Waals surface area (Å²) in [5.41, 5.74) is 1.40. The number of halogens is 3. The molecule has 1 aliphatic heterocycles. The number of nitrogens with one attached hydrogen (secondary N) is 1. The lowest BCUT2D eigenvalue weighted by atomic mass is 9.95. The van der Waals surface area contributed by atoms with Gasteiger partial charge in [-0.3, -0.25) is 9.69 Å². The van der Waals surface area contributed by atoms with Crippen LogP contribution in [0.1, 0.15) is 66.1 Å². The Hall–Kier alpha value is -2.07. The lowest BCUT2D eigenvalue weighted by Gasteiger charge is -2.36. The zero-order chi connectivity index (χ0) is 26.9. The summed E-state index contributed by atoms with van der Waals surface area (Å²) >= 11 is 12.6. The van der Waals surface area contributed by atoms with Crippen molar-refractivity contribution in [1.82, 2.24) is 9.62 Å². The summed E-state index contributed by atoms with van der Waals surface area (Å²) in [5.74, 6) is -0.262. The maximum Gasteiger partial charge on any atom is 0.267 e. The van der Waals surface area contributed by atoms with E-state index in [-0.39, 0.29) is 23.4 Å². The maximum atomic E-state index is 14.8. The van der Waals surface area contributed by atoms with E-state index in [4.69, 9.17) is 32.7 Å². The van der Waals surface area contributed by atoms with Crippen molar-refractivity contribution in [2.75, 3.05) is 33.1 Å². The minimum atomic E-state index is -3.80. The van der Waals surface area contributed by atoms with Crippen LogP contribution in [0.25, 0.3) is 0 Å². The van der Waals surface area contributed by atoms with Crippen LogP contribution in [0.2, 0.25) is 10.0 Å². The van der Waals surface area contributed by atoms with Gasteiger partial charge in [0.25, 0.3) is 5.91 Å². The number of nitrogens with zero attached hydrogens (tertiary/aromatic N) is 1. The maximum absolute atomic E-state index is 14.8. The smallest absolute Gasteiger partial charge is 0.267 e. The van der Waals surface area contributed by atoms with E-state index in [1.807, 2.05) is 10.8 Å². The van der Waals surface area contributed by atoms with Gasteiger partial charge in [0.15, 0.2) is 0 Å². The minimum absolute atomic E-state index is 0.0641. The fraction of sp³-hybridized carbons (Fsp3) is 0.500. The third kappa shape index (κ3) is 6.88. The van der Waals surface area contributed by atoms with Gasteiger partial charge in [0, 0.05) is 22.7 Å². The average Bonchev–Trinajstić information content (AvgIpc) is 3.66. The first-order valence-electron chi connectivity index (χ1n) is 12.2. The van der Waals surface area contributed by atoms with Crippen molar-refractivity contribution in [2.24, 2.45) is 5.92 Å². The molecule has 37 heavy (non-hydrogen) atoms. The van der Waals surface area contributed by atoms with E-state index in [1.54, 1.807) is 13.2 Å². The monoisotopic (exact) mass is 572 g/mol. The summed E-state index contributed by atoms with van der Waals surface area (Å²) < 4.78 is 51.0. The van der Waals surface area contributed by atoms with E-state index >= 15 is 0 Å². The van der Waals surface area contributed by atoms with Crippen LogP contribution in [0.5, 0.6) is 11.5 Å².